The van der Waals surface area contributed by atoms with Crippen molar-refractivity contribution in [3.63, 3.8) is 0 Å². The summed E-state index contributed by atoms with van der Waals surface area (Å²) in [6.07, 6.45) is 3.64. The first-order chi connectivity index (χ1) is 15.7. The molecule has 0 spiro atoms. The molecule has 2 saturated heterocycles. The number of ether oxygens (including phenoxy) is 2. The van der Waals surface area contributed by atoms with Gasteiger partial charge in [-0.25, -0.2) is 0 Å². The molecule has 0 unspecified atom stereocenters. The molecule has 2 heterocycles. The van der Waals surface area contributed by atoms with Crippen LogP contribution in [0.15, 0.2) is 60.7 Å². The summed E-state index contributed by atoms with van der Waals surface area (Å²) in [5, 5.41) is 3.11. The van der Waals surface area contributed by atoms with Crippen molar-refractivity contribution in [3.8, 4) is 0 Å². The smallest absolute Gasteiger partial charge is 0.255 e. The number of benzene rings is 2. The molecule has 168 valence electrons. The molecular formula is C26H30N2O4. The molecule has 0 radical (unpaired) electrons. The Morgan fingerprint density at radius 3 is 2.25 bits per heavy atom. The number of morpholine rings is 1. The average molecular weight is 435 g/mol. The molecule has 2 amide bonds. The molecule has 6 nitrogen and oxygen atoms in total. The van der Waals surface area contributed by atoms with Crippen LogP contribution in [0.3, 0.4) is 0 Å². The first kappa shape index (κ1) is 21.2. The van der Waals surface area contributed by atoms with Crippen LogP contribution in [0.4, 0.5) is 0 Å². The van der Waals surface area contributed by atoms with Crippen LogP contribution in [0.1, 0.15) is 43.2 Å². The van der Waals surface area contributed by atoms with Crippen molar-refractivity contribution in [1.29, 1.82) is 0 Å². The minimum Gasteiger partial charge on any atom is -0.351 e. The maximum Gasteiger partial charge on any atom is 0.255 e. The molecule has 6 heteroatoms. The van der Waals surface area contributed by atoms with Crippen molar-refractivity contribution in [1.82, 2.24) is 10.2 Å². The summed E-state index contributed by atoms with van der Waals surface area (Å²) in [6, 6.07) is 19.8. The lowest BCUT2D eigenvalue weighted by molar-refractivity contribution is -0.177. The van der Waals surface area contributed by atoms with E-state index >= 15 is 0 Å². The van der Waals surface area contributed by atoms with Gasteiger partial charge in [0.25, 0.3) is 11.8 Å². The molecule has 1 N–H and O–H groups in total. The third-order valence-corrected chi connectivity index (χ3v) is 6.77. The third-order valence-electron chi connectivity index (χ3n) is 6.77. The van der Waals surface area contributed by atoms with Gasteiger partial charge in [-0.2, -0.15) is 0 Å². The normalized spacial score (nSPS) is 28.0. The van der Waals surface area contributed by atoms with Gasteiger partial charge < -0.3 is 19.7 Å². The van der Waals surface area contributed by atoms with Crippen molar-refractivity contribution in [2.45, 2.75) is 75.7 Å². The van der Waals surface area contributed by atoms with E-state index in [1.54, 1.807) is 0 Å². The van der Waals surface area contributed by atoms with E-state index in [1.165, 1.54) is 6.42 Å². The molecule has 2 bridgehead atoms. The number of nitrogens with one attached hydrogen (secondary N) is 1. The van der Waals surface area contributed by atoms with Crippen LogP contribution in [-0.2, 0) is 32.0 Å². The van der Waals surface area contributed by atoms with Crippen molar-refractivity contribution < 1.29 is 19.1 Å². The van der Waals surface area contributed by atoms with Gasteiger partial charge in [-0.3, -0.25) is 9.59 Å². The van der Waals surface area contributed by atoms with Crippen LogP contribution in [0.5, 0.6) is 0 Å². The van der Waals surface area contributed by atoms with E-state index in [9.17, 15) is 9.59 Å². The second-order valence-electron chi connectivity index (χ2n) is 9.03. The second-order valence-corrected chi connectivity index (χ2v) is 9.03. The summed E-state index contributed by atoms with van der Waals surface area (Å²) < 4.78 is 12.1. The zero-order valence-electron chi connectivity index (χ0n) is 18.2. The molecule has 5 rings (SSSR count). The van der Waals surface area contributed by atoms with Gasteiger partial charge in [0.1, 0.15) is 0 Å². The van der Waals surface area contributed by atoms with Crippen molar-refractivity contribution in [2.75, 3.05) is 0 Å². The number of rotatable bonds is 6. The summed E-state index contributed by atoms with van der Waals surface area (Å²) in [7, 11) is 0. The molecule has 1 aliphatic carbocycles. The fourth-order valence-corrected chi connectivity index (χ4v) is 5.07. The zero-order valence-corrected chi connectivity index (χ0v) is 18.2. The van der Waals surface area contributed by atoms with E-state index < -0.39 is 18.5 Å². The molecule has 3 fully saturated rings. The number of hydrogen-bond donors (Lipinski definition) is 1. The average Bonchev–Trinajstić information content (AvgIpc) is 3.24. The fourth-order valence-electron chi connectivity index (χ4n) is 5.07. The van der Waals surface area contributed by atoms with Gasteiger partial charge >= 0.3 is 0 Å². The Labute approximate surface area is 188 Å². The minimum absolute atomic E-state index is 0.163. The van der Waals surface area contributed by atoms with Crippen molar-refractivity contribution in [2.24, 2.45) is 0 Å². The third kappa shape index (κ3) is 4.43. The Hall–Kier alpha value is -2.70. The topological polar surface area (TPSA) is 67.9 Å². The monoisotopic (exact) mass is 434 g/mol. The number of carbonyl (C=O) groups excluding carboxylic acids is 2. The zero-order chi connectivity index (χ0) is 21.9. The summed E-state index contributed by atoms with van der Waals surface area (Å²) in [5.74, 6) is -0.398. The number of hydrogen-bond acceptors (Lipinski definition) is 4. The van der Waals surface area contributed by atoms with Crippen LogP contribution >= 0.6 is 0 Å². The van der Waals surface area contributed by atoms with E-state index in [-0.39, 0.29) is 23.9 Å². The Morgan fingerprint density at radius 2 is 1.56 bits per heavy atom. The number of nitrogens with zero attached hydrogens (tertiary/aromatic N) is 1. The largest absolute Gasteiger partial charge is 0.351 e. The maximum atomic E-state index is 13.5. The number of carbonyl (C=O) groups is 2. The van der Waals surface area contributed by atoms with E-state index in [0.717, 1.165) is 36.8 Å². The van der Waals surface area contributed by atoms with Crippen LogP contribution < -0.4 is 5.32 Å². The lowest BCUT2D eigenvalue weighted by Gasteiger charge is -2.38. The van der Waals surface area contributed by atoms with Crippen LogP contribution in [0.2, 0.25) is 0 Å². The molecule has 1 saturated carbocycles. The molecule has 4 atom stereocenters. The van der Waals surface area contributed by atoms with Crippen molar-refractivity contribution >= 4 is 11.8 Å². The highest BCUT2D eigenvalue weighted by atomic mass is 16.7. The fraction of sp³-hybridized carbons (Fsp3) is 0.462. The molecule has 2 aromatic carbocycles. The molecule has 2 aliphatic heterocycles. The summed E-state index contributed by atoms with van der Waals surface area (Å²) >= 11 is 0. The molecule has 32 heavy (non-hydrogen) atoms. The van der Waals surface area contributed by atoms with Gasteiger partial charge in [0.15, 0.2) is 18.5 Å². The number of fused-ring (bicyclic) bond motifs is 2. The van der Waals surface area contributed by atoms with E-state index in [2.05, 4.69) is 5.32 Å². The predicted molar refractivity (Wildman–Crippen MR) is 119 cm³/mol. The quantitative estimate of drug-likeness (QED) is 0.758. The summed E-state index contributed by atoms with van der Waals surface area (Å²) in [5.41, 5.74) is 2.15. The first-order valence-electron chi connectivity index (χ1n) is 11.7. The van der Waals surface area contributed by atoms with Gasteiger partial charge in [-0.1, -0.05) is 79.9 Å². The van der Waals surface area contributed by atoms with Crippen molar-refractivity contribution in [3.05, 3.63) is 71.8 Å². The van der Waals surface area contributed by atoms with Gasteiger partial charge in [0.05, 0.1) is 6.04 Å². The van der Waals surface area contributed by atoms with Gasteiger partial charge in [-0.15, -0.1) is 0 Å². The van der Waals surface area contributed by atoms with E-state index in [4.69, 9.17) is 9.47 Å². The predicted octanol–water partition coefficient (Wildman–Crippen LogP) is 3.20. The lowest BCUT2D eigenvalue weighted by Crippen LogP contribution is -2.57. The Kier molecular flexibility index (Phi) is 6.23. The van der Waals surface area contributed by atoms with E-state index in [1.807, 2.05) is 65.6 Å². The molecular weight excluding hydrogens is 404 g/mol. The lowest BCUT2D eigenvalue weighted by atomic mass is 9.95. The molecule has 3 aliphatic rings. The first-order valence-corrected chi connectivity index (χ1v) is 11.7. The number of amides is 2. The Balaban J connectivity index is 1.37. The van der Waals surface area contributed by atoms with Gasteiger partial charge in [-0.05, 0) is 30.4 Å². The highest BCUT2D eigenvalue weighted by molar-refractivity contribution is 5.92. The van der Waals surface area contributed by atoms with Crippen LogP contribution in [0.25, 0.3) is 0 Å². The van der Waals surface area contributed by atoms with Gasteiger partial charge in [0.2, 0.25) is 0 Å². The summed E-state index contributed by atoms with van der Waals surface area (Å²) in [4.78, 5) is 28.4. The second kappa shape index (κ2) is 9.43. The Morgan fingerprint density at radius 1 is 0.906 bits per heavy atom. The standard InChI is InChI=1S/C26H30N2O4/c29-24(27-20-14-8-3-9-15-20)22-23-25(30)28(17-19-12-6-2-7-13-19)21(26(31-22)32-23)16-18-10-4-1-5-11-18/h1-2,4-7,10-13,20-23,26H,3,8-9,14-17H2,(H,27,29)/t21-,22+,23-,26-/m0/s1. The SMILES string of the molecule is O=C(NC1CCCCC1)[C@@H]1O[C@H]2O[C@@H]1C(=O)N(Cc1ccccc1)[C@H]2Cc1ccccc1. The molecule has 2 aromatic rings. The highest BCUT2D eigenvalue weighted by Gasteiger charge is 2.55. The minimum atomic E-state index is -0.895. The maximum absolute atomic E-state index is 13.5. The molecule has 0 aromatic heterocycles. The van der Waals surface area contributed by atoms with Crippen LogP contribution in [-0.4, -0.2) is 47.3 Å². The Bertz CT molecular complexity index is 929. The van der Waals surface area contributed by atoms with Crippen LogP contribution in [0, 0.1) is 0 Å². The highest BCUT2D eigenvalue weighted by Crippen LogP contribution is 2.34. The summed E-state index contributed by atoms with van der Waals surface area (Å²) in [6.45, 7) is 0.466. The van der Waals surface area contributed by atoms with E-state index in [0.29, 0.717) is 13.0 Å². The van der Waals surface area contributed by atoms with Gasteiger partial charge in [0, 0.05) is 12.6 Å².